The molecule has 0 saturated heterocycles. The Kier molecular flexibility index (Phi) is 8.34. The Labute approximate surface area is 375 Å². The van der Waals surface area contributed by atoms with E-state index in [1.165, 1.54) is 64.7 Å². The van der Waals surface area contributed by atoms with Gasteiger partial charge in [0, 0.05) is 53.4 Å². The maximum atomic E-state index is 6.61. The van der Waals surface area contributed by atoms with Crippen LogP contribution in [0.3, 0.4) is 0 Å². The molecule has 0 radical (unpaired) electrons. The lowest BCUT2D eigenvalue weighted by atomic mass is 9.68. The van der Waals surface area contributed by atoms with Crippen LogP contribution in [0.1, 0.15) is 22.3 Å². The second-order valence-corrected chi connectivity index (χ2v) is 17.8. The van der Waals surface area contributed by atoms with E-state index >= 15 is 0 Å². The standard InChI is InChI=1S/C61H39NOS/c1-3-18-42(19-4-1)61(43-20-5-2-6-21-43)52-29-10-7-24-50(52)59-53(61)30-16-31-54(59)62(44-37-35-40(36-38-44)46-26-15-34-57-58(46)51-25-9-12-33-56(51)64-57)45-22-13-17-41(39-45)47-27-14-28-49-48-23-8-11-32-55(48)63-60(47)49/h1-39H. The van der Waals surface area contributed by atoms with E-state index in [-0.39, 0.29) is 0 Å². The van der Waals surface area contributed by atoms with Crippen LogP contribution in [0.5, 0.6) is 0 Å². The van der Waals surface area contributed by atoms with E-state index in [1.807, 2.05) is 17.4 Å². The number of furan rings is 1. The van der Waals surface area contributed by atoms with Gasteiger partial charge in [0.25, 0.3) is 0 Å². The van der Waals surface area contributed by atoms with Gasteiger partial charge in [0.05, 0.1) is 11.1 Å². The Bertz CT molecular complexity index is 3690. The molecule has 0 bridgehead atoms. The molecule has 0 aliphatic heterocycles. The Morgan fingerprint density at radius 1 is 0.391 bits per heavy atom. The SMILES string of the molecule is c1ccc(C2(c3ccccc3)c3ccccc3-c3c(N(c4ccc(-c5cccc6sc7ccccc7c56)cc4)c4cccc(-c5cccc6c5oc5ccccc56)c4)cccc32)cc1. The quantitative estimate of drug-likeness (QED) is 0.159. The summed E-state index contributed by atoms with van der Waals surface area (Å²) in [6.45, 7) is 0. The summed E-state index contributed by atoms with van der Waals surface area (Å²) in [5, 5.41) is 4.87. The van der Waals surface area contributed by atoms with Crippen LogP contribution in [0, 0.1) is 0 Å². The number of nitrogens with zero attached hydrogens (tertiary/aromatic N) is 1. The highest BCUT2D eigenvalue weighted by Crippen LogP contribution is 2.59. The van der Waals surface area contributed by atoms with E-state index in [4.69, 9.17) is 4.42 Å². The zero-order valence-corrected chi connectivity index (χ0v) is 35.6. The smallest absolute Gasteiger partial charge is 0.143 e. The van der Waals surface area contributed by atoms with Crippen LogP contribution in [0.15, 0.2) is 241 Å². The molecule has 0 fully saturated rings. The molecule has 0 unspecified atom stereocenters. The van der Waals surface area contributed by atoms with Gasteiger partial charge in [-0.15, -0.1) is 11.3 Å². The summed E-state index contributed by atoms with van der Waals surface area (Å²) in [4.78, 5) is 2.47. The fourth-order valence-electron chi connectivity index (χ4n) is 10.7. The third-order valence-corrected chi connectivity index (χ3v) is 14.5. The molecule has 2 aromatic heterocycles. The van der Waals surface area contributed by atoms with Crippen LogP contribution in [-0.2, 0) is 5.41 Å². The molecule has 2 heterocycles. The highest BCUT2D eigenvalue weighted by molar-refractivity contribution is 7.25. The first-order valence-corrected chi connectivity index (χ1v) is 22.7. The summed E-state index contributed by atoms with van der Waals surface area (Å²) in [7, 11) is 0. The van der Waals surface area contributed by atoms with Crippen molar-refractivity contribution in [3.05, 3.63) is 259 Å². The maximum absolute atomic E-state index is 6.61. The van der Waals surface area contributed by atoms with E-state index < -0.39 is 5.41 Å². The van der Waals surface area contributed by atoms with Crippen LogP contribution >= 0.6 is 11.3 Å². The third-order valence-electron chi connectivity index (χ3n) is 13.4. The van der Waals surface area contributed by atoms with Crippen molar-refractivity contribution < 1.29 is 4.42 Å². The van der Waals surface area contributed by atoms with Gasteiger partial charge in [0.2, 0.25) is 0 Å². The first-order valence-electron chi connectivity index (χ1n) is 21.9. The van der Waals surface area contributed by atoms with Crippen LogP contribution < -0.4 is 4.90 Å². The van der Waals surface area contributed by atoms with Gasteiger partial charge in [-0.05, 0) is 93.0 Å². The summed E-state index contributed by atoms with van der Waals surface area (Å²) >= 11 is 1.86. The number of anilines is 3. The molecule has 0 saturated carbocycles. The molecule has 1 aliphatic carbocycles. The average molecular weight is 834 g/mol. The van der Waals surface area contributed by atoms with Gasteiger partial charge in [-0.25, -0.2) is 0 Å². The number of fused-ring (bicyclic) bond motifs is 9. The normalized spacial score (nSPS) is 12.8. The number of benzene rings is 10. The number of hydrogen-bond donors (Lipinski definition) is 0. The molecular weight excluding hydrogens is 795 g/mol. The van der Waals surface area contributed by atoms with Crippen molar-refractivity contribution in [2.75, 3.05) is 4.90 Å². The second kappa shape index (κ2) is 14.6. The largest absolute Gasteiger partial charge is 0.455 e. The van der Waals surface area contributed by atoms with E-state index in [9.17, 15) is 0 Å². The third kappa shape index (κ3) is 5.44. The van der Waals surface area contributed by atoms with Crippen molar-refractivity contribution in [2.24, 2.45) is 0 Å². The molecule has 0 amide bonds. The van der Waals surface area contributed by atoms with Crippen LogP contribution in [0.25, 0.3) is 75.5 Å². The summed E-state index contributed by atoms with van der Waals surface area (Å²) < 4.78 is 9.22. The average Bonchev–Trinajstić information content (AvgIpc) is 4.04. The van der Waals surface area contributed by atoms with E-state index in [1.54, 1.807) is 0 Å². The summed E-state index contributed by atoms with van der Waals surface area (Å²) in [6.07, 6.45) is 0. The predicted molar refractivity (Wildman–Crippen MR) is 269 cm³/mol. The Morgan fingerprint density at radius 2 is 1.00 bits per heavy atom. The van der Waals surface area contributed by atoms with Gasteiger partial charge >= 0.3 is 0 Å². The molecule has 300 valence electrons. The molecule has 0 N–H and O–H groups in total. The Balaban J connectivity index is 1.05. The van der Waals surface area contributed by atoms with Crippen molar-refractivity contribution in [1.82, 2.24) is 0 Å². The van der Waals surface area contributed by atoms with Gasteiger partial charge in [-0.2, -0.15) is 0 Å². The highest BCUT2D eigenvalue weighted by Gasteiger charge is 2.47. The minimum atomic E-state index is -0.527. The molecule has 13 rings (SSSR count). The zero-order valence-electron chi connectivity index (χ0n) is 34.8. The number of para-hydroxylation sites is 2. The molecule has 0 atom stereocenters. The maximum Gasteiger partial charge on any atom is 0.143 e. The van der Waals surface area contributed by atoms with Crippen molar-refractivity contribution in [1.29, 1.82) is 0 Å². The number of hydrogen-bond acceptors (Lipinski definition) is 3. The zero-order chi connectivity index (χ0) is 42.2. The number of thiophene rings is 1. The van der Waals surface area contributed by atoms with Crippen LogP contribution in [0.2, 0.25) is 0 Å². The predicted octanol–water partition coefficient (Wildman–Crippen LogP) is 17.1. The second-order valence-electron chi connectivity index (χ2n) is 16.7. The topological polar surface area (TPSA) is 16.4 Å². The van der Waals surface area contributed by atoms with Gasteiger partial charge in [0.15, 0.2) is 0 Å². The Morgan fingerprint density at radius 3 is 1.83 bits per heavy atom. The van der Waals surface area contributed by atoms with Crippen LogP contribution in [-0.4, -0.2) is 0 Å². The molecule has 0 spiro atoms. The fourth-order valence-corrected chi connectivity index (χ4v) is 11.8. The molecule has 64 heavy (non-hydrogen) atoms. The first-order chi connectivity index (χ1) is 31.8. The van der Waals surface area contributed by atoms with Crippen molar-refractivity contribution in [3.8, 4) is 33.4 Å². The van der Waals surface area contributed by atoms with E-state index in [2.05, 4.69) is 235 Å². The molecule has 2 nitrogen and oxygen atoms in total. The van der Waals surface area contributed by atoms with E-state index in [0.717, 1.165) is 50.1 Å². The minimum absolute atomic E-state index is 0.527. The van der Waals surface area contributed by atoms with Gasteiger partial charge < -0.3 is 9.32 Å². The first kappa shape index (κ1) is 36.7. The molecule has 12 aromatic rings. The minimum Gasteiger partial charge on any atom is -0.455 e. The van der Waals surface area contributed by atoms with Gasteiger partial charge in [-0.1, -0.05) is 188 Å². The lowest BCUT2D eigenvalue weighted by Crippen LogP contribution is -2.28. The van der Waals surface area contributed by atoms with Crippen molar-refractivity contribution in [2.45, 2.75) is 5.41 Å². The van der Waals surface area contributed by atoms with Crippen molar-refractivity contribution in [3.63, 3.8) is 0 Å². The lowest BCUT2D eigenvalue weighted by Gasteiger charge is -2.34. The van der Waals surface area contributed by atoms with Crippen molar-refractivity contribution >= 4 is 70.5 Å². The summed E-state index contributed by atoms with van der Waals surface area (Å²) in [5.41, 5.74) is 16.6. The molecular formula is C61H39NOS. The highest BCUT2D eigenvalue weighted by atomic mass is 32.1. The summed E-state index contributed by atoms with van der Waals surface area (Å²) in [6, 6.07) is 86.5. The van der Waals surface area contributed by atoms with Crippen LogP contribution in [0.4, 0.5) is 17.1 Å². The summed E-state index contributed by atoms with van der Waals surface area (Å²) in [5.74, 6) is 0. The molecule has 1 aliphatic rings. The van der Waals surface area contributed by atoms with Gasteiger partial charge in [-0.3, -0.25) is 0 Å². The van der Waals surface area contributed by atoms with E-state index in [0.29, 0.717) is 0 Å². The number of rotatable bonds is 7. The monoisotopic (exact) mass is 833 g/mol. The molecule has 10 aromatic carbocycles. The lowest BCUT2D eigenvalue weighted by molar-refractivity contribution is 0.670. The Hall–Kier alpha value is -7.98. The fraction of sp³-hybridized carbons (Fsp3) is 0.0164. The molecule has 3 heteroatoms. The van der Waals surface area contributed by atoms with Gasteiger partial charge in [0.1, 0.15) is 11.2 Å².